The molecule has 6 heteroatoms. The Hall–Kier alpha value is -1.78. The van der Waals surface area contributed by atoms with Crippen LogP contribution in [0.15, 0.2) is 12.1 Å². The third kappa shape index (κ3) is 4.30. The Bertz CT molecular complexity index is 461. The SMILES string of the molecule is COC(=O)c1ccc(CCCC(=O)C=[N+]=[N-])s1. The summed E-state index contributed by atoms with van der Waals surface area (Å²) in [5.74, 6) is -0.554. The maximum atomic E-state index is 11.2. The lowest BCUT2D eigenvalue weighted by atomic mass is 10.1. The van der Waals surface area contributed by atoms with Crippen LogP contribution >= 0.6 is 11.3 Å². The maximum absolute atomic E-state index is 11.2. The fourth-order valence-electron chi connectivity index (χ4n) is 1.29. The van der Waals surface area contributed by atoms with E-state index in [9.17, 15) is 9.59 Å². The average molecular weight is 252 g/mol. The number of carbonyl (C=O) groups excluding carboxylic acids is 2. The van der Waals surface area contributed by atoms with Crippen LogP contribution in [0.1, 0.15) is 27.4 Å². The fraction of sp³-hybridized carbons (Fsp3) is 0.364. The van der Waals surface area contributed by atoms with Crippen LogP contribution in [0.3, 0.4) is 0 Å². The molecule has 0 saturated carbocycles. The first-order valence-corrected chi connectivity index (χ1v) is 5.86. The Morgan fingerprint density at radius 3 is 2.94 bits per heavy atom. The van der Waals surface area contributed by atoms with Crippen molar-refractivity contribution in [2.75, 3.05) is 7.11 Å². The summed E-state index contributed by atoms with van der Waals surface area (Å²) in [7, 11) is 1.34. The van der Waals surface area contributed by atoms with E-state index < -0.39 is 0 Å². The Morgan fingerprint density at radius 1 is 1.53 bits per heavy atom. The second-order valence-corrected chi connectivity index (χ2v) is 4.49. The Morgan fingerprint density at radius 2 is 2.29 bits per heavy atom. The summed E-state index contributed by atoms with van der Waals surface area (Å²) in [4.78, 5) is 26.5. The van der Waals surface area contributed by atoms with E-state index in [1.54, 1.807) is 6.07 Å². The van der Waals surface area contributed by atoms with Crippen molar-refractivity contribution < 1.29 is 19.1 Å². The highest BCUT2D eigenvalue weighted by molar-refractivity contribution is 7.13. The molecule has 0 saturated heterocycles. The van der Waals surface area contributed by atoms with Crippen LogP contribution in [0, 0.1) is 0 Å². The molecule has 0 atom stereocenters. The van der Waals surface area contributed by atoms with Crippen LogP contribution in [0.2, 0.25) is 0 Å². The van der Waals surface area contributed by atoms with Gasteiger partial charge in [-0.25, -0.2) is 4.79 Å². The van der Waals surface area contributed by atoms with Gasteiger partial charge in [0.2, 0.25) is 5.78 Å². The molecule has 90 valence electrons. The topological polar surface area (TPSA) is 79.8 Å². The van der Waals surface area contributed by atoms with Gasteiger partial charge in [0.15, 0.2) is 0 Å². The highest BCUT2D eigenvalue weighted by atomic mass is 32.1. The summed E-state index contributed by atoms with van der Waals surface area (Å²) in [5, 5.41) is 0. The number of carbonyl (C=O) groups is 2. The number of esters is 1. The highest BCUT2D eigenvalue weighted by Gasteiger charge is 2.09. The molecule has 0 aliphatic heterocycles. The minimum Gasteiger partial charge on any atom is -0.465 e. The van der Waals surface area contributed by atoms with Gasteiger partial charge in [-0.2, -0.15) is 4.79 Å². The molecular formula is C11H12N2O3S. The molecule has 1 aromatic rings. The molecule has 0 aliphatic rings. The standard InChI is InChI=1S/C11H12N2O3S/c1-16-11(15)10-6-5-9(17-10)4-2-3-8(14)7-13-12/h5-7H,2-4H2,1H3. The monoisotopic (exact) mass is 252 g/mol. The predicted molar refractivity (Wildman–Crippen MR) is 63.3 cm³/mol. The highest BCUT2D eigenvalue weighted by Crippen LogP contribution is 2.19. The second-order valence-electron chi connectivity index (χ2n) is 3.32. The van der Waals surface area contributed by atoms with Crippen molar-refractivity contribution in [3.63, 3.8) is 0 Å². The lowest BCUT2D eigenvalue weighted by molar-refractivity contribution is -0.116. The van der Waals surface area contributed by atoms with Crippen molar-refractivity contribution in [2.24, 2.45) is 0 Å². The molecule has 17 heavy (non-hydrogen) atoms. The van der Waals surface area contributed by atoms with Gasteiger partial charge in [-0.3, -0.25) is 4.79 Å². The quantitative estimate of drug-likeness (QED) is 0.334. The van der Waals surface area contributed by atoms with E-state index in [0.29, 0.717) is 24.1 Å². The van der Waals surface area contributed by atoms with Crippen molar-refractivity contribution in [1.82, 2.24) is 0 Å². The first-order valence-electron chi connectivity index (χ1n) is 5.04. The molecule has 0 fully saturated rings. The molecule has 0 spiro atoms. The first-order chi connectivity index (χ1) is 8.17. The molecule has 0 aromatic carbocycles. The number of Topliss-reactive ketones (excluding diaryl/α,β-unsaturated/α-hetero) is 1. The van der Waals surface area contributed by atoms with Crippen LogP contribution in [-0.4, -0.2) is 29.9 Å². The molecule has 1 heterocycles. The summed E-state index contributed by atoms with van der Waals surface area (Å²) >= 11 is 1.36. The van der Waals surface area contributed by atoms with E-state index in [4.69, 9.17) is 5.53 Å². The first kappa shape index (κ1) is 13.3. The molecule has 0 N–H and O–H groups in total. The smallest absolute Gasteiger partial charge is 0.348 e. The van der Waals surface area contributed by atoms with Crippen molar-refractivity contribution in [3.05, 3.63) is 27.4 Å². The van der Waals surface area contributed by atoms with Crippen molar-refractivity contribution in [1.29, 1.82) is 0 Å². The Balaban J connectivity index is 2.42. The molecule has 0 bridgehead atoms. The number of thiophene rings is 1. The summed E-state index contributed by atoms with van der Waals surface area (Å²) in [6.45, 7) is 0. The number of methoxy groups -OCH3 is 1. The summed E-state index contributed by atoms with van der Waals surface area (Å²) in [5.41, 5.74) is 8.14. The zero-order valence-electron chi connectivity index (χ0n) is 9.38. The fourth-order valence-corrected chi connectivity index (χ4v) is 2.26. The number of hydrogen-bond donors (Lipinski definition) is 0. The molecule has 5 nitrogen and oxygen atoms in total. The van der Waals surface area contributed by atoms with E-state index in [0.717, 1.165) is 11.1 Å². The third-order valence-corrected chi connectivity index (χ3v) is 3.22. The van der Waals surface area contributed by atoms with Crippen LogP contribution in [0.4, 0.5) is 0 Å². The largest absolute Gasteiger partial charge is 0.465 e. The van der Waals surface area contributed by atoms with Crippen molar-refractivity contribution >= 4 is 29.3 Å². The molecular weight excluding hydrogens is 240 g/mol. The van der Waals surface area contributed by atoms with Gasteiger partial charge in [-0.15, -0.1) is 11.3 Å². The van der Waals surface area contributed by atoms with Crippen molar-refractivity contribution in [3.8, 4) is 0 Å². The predicted octanol–water partition coefficient (Wildman–Crippen LogP) is 1.73. The Kier molecular flexibility index (Phi) is 5.26. The molecule has 0 amide bonds. The van der Waals surface area contributed by atoms with Gasteiger partial charge < -0.3 is 10.3 Å². The van der Waals surface area contributed by atoms with E-state index in [1.165, 1.54) is 18.4 Å². The van der Waals surface area contributed by atoms with E-state index in [-0.39, 0.29) is 11.8 Å². The minimum absolute atomic E-state index is 0.211. The molecule has 0 radical (unpaired) electrons. The maximum Gasteiger partial charge on any atom is 0.348 e. The van der Waals surface area contributed by atoms with Crippen molar-refractivity contribution in [2.45, 2.75) is 19.3 Å². The number of hydrogen-bond acceptors (Lipinski definition) is 4. The zero-order valence-corrected chi connectivity index (χ0v) is 10.2. The number of rotatable bonds is 6. The van der Waals surface area contributed by atoms with Crippen LogP contribution < -0.4 is 0 Å². The number of nitrogens with zero attached hydrogens (tertiary/aromatic N) is 2. The van der Waals surface area contributed by atoms with Crippen LogP contribution in [0.5, 0.6) is 0 Å². The molecule has 1 aromatic heterocycles. The van der Waals surface area contributed by atoms with E-state index in [2.05, 4.69) is 9.53 Å². The third-order valence-electron chi connectivity index (χ3n) is 2.10. The summed E-state index contributed by atoms with van der Waals surface area (Å²) in [6, 6.07) is 3.56. The van der Waals surface area contributed by atoms with Gasteiger partial charge in [0, 0.05) is 11.3 Å². The summed E-state index contributed by atoms with van der Waals surface area (Å²) in [6.07, 6.45) is 2.60. The molecule has 0 unspecified atom stereocenters. The minimum atomic E-state index is -0.343. The Labute approximate surface area is 103 Å². The number of ether oxygens (including phenoxy) is 1. The molecule has 1 rings (SSSR count). The van der Waals surface area contributed by atoms with Gasteiger partial charge in [0.05, 0.1) is 7.11 Å². The van der Waals surface area contributed by atoms with Gasteiger partial charge in [-0.1, -0.05) is 0 Å². The normalized spacial score (nSPS) is 9.47. The summed E-state index contributed by atoms with van der Waals surface area (Å²) < 4.78 is 4.60. The zero-order chi connectivity index (χ0) is 12.7. The van der Waals surface area contributed by atoms with E-state index >= 15 is 0 Å². The second kappa shape index (κ2) is 6.73. The number of ketones is 1. The van der Waals surface area contributed by atoms with Crippen LogP contribution in [-0.2, 0) is 16.0 Å². The van der Waals surface area contributed by atoms with Gasteiger partial charge in [-0.05, 0) is 25.0 Å². The number of aryl methyl sites for hydroxylation is 1. The van der Waals surface area contributed by atoms with E-state index in [1.807, 2.05) is 6.07 Å². The molecule has 0 aliphatic carbocycles. The average Bonchev–Trinajstić information content (AvgIpc) is 2.77. The lowest BCUT2D eigenvalue weighted by Gasteiger charge is -1.94. The lowest BCUT2D eigenvalue weighted by Crippen LogP contribution is -2.00. The van der Waals surface area contributed by atoms with Gasteiger partial charge in [0.25, 0.3) is 0 Å². The van der Waals surface area contributed by atoms with Gasteiger partial charge in [0.1, 0.15) is 4.88 Å². The van der Waals surface area contributed by atoms with Gasteiger partial charge >= 0.3 is 12.2 Å². The van der Waals surface area contributed by atoms with Crippen LogP contribution in [0.25, 0.3) is 5.53 Å².